The second-order valence-electron chi connectivity index (χ2n) is 6.03. The average Bonchev–Trinajstić information content (AvgIpc) is 2.49. The first-order valence-electron chi connectivity index (χ1n) is 7.67. The van der Waals surface area contributed by atoms with E-state index in [0.717, 1.165) is 25.8 Å². The van der Waals surface area contributed by atoms with Crippen LogP contribution < -0.4 is 5.32 Å². The Labute approximate surface area is 117 Å². The molecule has 1 saturated carbocycles. The molecule has 2 rings (SSSR count). The van der Waals surface area contributed by atoms with E-state index in [0.29, 0.717) is 5.92 Å². The Morgan fingerprint density at radius 3 is 2.47 bits per heavy atom. The molecule has 1 aromatic carbocycles. The van der Waals surface area contributed by atoms with Gasteiger partial charge in [0.25, 0.3) is 0 Å². The number of hydrogen-bond donors (Lipinski definition) is 2. The minimum Gasteiger partial charge on any atom is -0.394 e. The highest BCUT2D eigenvalue weighted by Gasteiger charge is 2.30. The predicted molar refractivity (Wildman–Crippen MR) is 80.4 cm³/mol. The fourth-order valence-electron chi connectivity index (χ4n) is 3.12. The van der Waals surface area contributed by atoms with Gasteiger partial charge in [0.2, 0.25) is 0 Å². The summed E-state index contributed by atoms with van der Waals surface area (Å²) in [7, 11) is 0. The molecule has 0 amide bonds. The number of rotatable bonds is 6. The lowest BCUT2D eigenvalue weighted by atomic mass is 9.82. The molecule has 2 nitrogen and oxygen atoms in total. The normalized spacial score (nSPS) is 20.1. The van der Waals surface area contributed by atoms with Gasteiger partial charge in [-0.2, -0.15) is 0 Å². The Kier molecular flexibility index (Phi) is 5.41. The van der Waals surface area contributed by atoms with Crippen LogP contribution in [0.1, 0.15) is 56.9 Å². The van der Waals surface area contributed by atoms with Crippen molar-refractivity contribution in [1.29, 1.82) is 0 Å². The van der Waals surface area contributed by atoms with Gasteiger partial charge in [0.15, 0.2) is 0 Å². The third-order valence-electron chi connectivity index (χ3n) is 4.56. The zero-order valence-corrected chi connectivity index (χ0v) is 12.1. The topological polar surface area (TPSA) is 32.3 Å². The quantitative estimate of drug-likeness (QED) is 0.822. The van der Waals surface area contributed by atoms with E-state index in [4.69, 9.17) is 0 Å². The highest BCUT2D eigenvalue weighted by molar-refractivity contribution is 5.18. The highest BCUT2D eigenvalue weighted by Crippen LogP contribution is 2.28. The van der Waals surface area contributed by atoms with Gasteiger partial charge < -0.3 is 10.4 Å². The highest BCUT2D eigenvalue weighted by atomic mass is 16.3. The molecule has 1 aliphatic rings. The molecular weight excluding hydrogens is 234 g/mol. The summed E-state index contributed by atoms with van der Waals surface area (Å²) in [5, 5.41) is 13.3. The van der Waals surface area contributed by atoms with Crippen LogP contribution in [0.15, 0.2) is 30.3 Å². The monoisotopic (exact) mass is 261 g/mol. The van der Waals surface area contributed by atoms with Crippen molar-refractivity contribution in [2.24, 2.45) is 0 Å². The third-order valence-corrected chi connectivity index (χ3v) is 4.56. The van der Waals surface area contributed by atoms with E-state index in [1.54, 1.807) is 0 Å². The molecule has 0 aliphatic heterocycles. The lowest BCUT2D eigenvalue weighted by Gasteiger charge is -2.37. The van der Waals surface area contributed by atoms with Crippen LogP contribution in [0.3, 0.4) is 0 Å². The van der Waals surface area contributed by atoms with E-state index in [2.05, 4.69) is 42.6 Å². The summed E-state index contributed by atoms with van der Waals surface area (Å²) in [6.45, 7) is 3.56. The fraction of sp³-hybridized carbons (Fsp3) is 0.647. The van der Waals surface area contributed by atoms with Gasteiger partial charge in [-0.1, -0.05) is 56.5 Å². The van der Waals surface area contributed by atoms with Gasteiger partial charge in [0.05, 0.1) is 6.61 Å². The van der Waals surface area contributed by atoms with Crippen LogP contribution in [0.4, 0.5) is 0 Å². The molecular formula is C17H27NO. The van der Waals surface area contributed by atoms with Gasteiger partial charge in [0, 0.05) is 5.54 Å². The maximum Gasteiger partial charge on any atom is 0.0613 e. The summed E-state index contributed by atoms with van der Waals surface area (Å²) >= 11 is 0. The van der Waals surface area contributed by atoms with Gasteiger partial charge in [-0.25, -0.2) is 0 Å². The minimum atomic E-state index is 0.00859. The molecule has 2 N–H and O–H groups in total. The second-order valence-corrected chi connectivity index (χ2v) is 6.03. The van der Waals surface area contributed by atoms with Crippen molar-refractivity contribution in [1.82, 2.24) is 5.32 Å². The third kappa shape index (κ3) is 4.05. The summed E-state index contributed by atoms with van der Waals surface area (Å²) in [5.41, 5.74) is 1.42. The molecule has 0 bridgehead atoms. The van der Waals surface area contributed by atoms with Crippen molar-refractivity contribution in [2.45, 2.75) is 56.9 Å². The molecule has 1 aliphatic carbocycles. The van der Waals surface area contributed by atoms with Crippen LogP contribution in [0.5, 0.6) is 0 Å². The zero-order chi connectivity index (χ0) is 13.6. The van der Waals surface area contributed by atoms with Crippen LogP contribution in [0.25, 0.3) is 0 Å². The van der Waals surface area contributed by atoms with Crippen molar-refractivity contribution in [3.63, 3.8) is 0 Å². The lowest BCUT2D eigenvalue weighted by molar-refractivity contribution is 0.120. The summed E-state index contributed by atoms with van der Waals surface area (Å²) in [5.74, 6) is 0.577. The van der Waals surface area contributed by atoms with Gasteiger partial charge >= 0.3 is 0 Å². The SMILES string of the molecule is CC(CCNC1(CO)CCCCC1)c1ccccc1. The first-order chi connectivity index (χ1) is 9.26. The summed E-state index contributed by atoms with van der Waals surface area (Å²) in [6, 6.07) is 10.7. The summed E-state index contributed by atoms with van der Waals surface area (Å²) in [4.78, 5) is 0. The number of aliphatic hydroxyl groups is 1. The Balaban J connectivity index is 1.79. The maximum atomic E-state index is 9.66. The minimum absolute atomic E-state index is 0.00859. The zero-order valence-electron chi connectivity index (χ0n) is 12.1. The van der Waals surface area contributed by atoms with Crippen molar-refractivity contribution >= 4 is 0 Å². The molecule has 2 heteroatoms. The van der Waals surface area contributed by atoms with E-state index in [9.17, 15) is 5.11 Å². The number of aliphatic hydroxyl groups excluding tert-OH is 1. The van der Waals surface area contributed by atoms with E-state index >= 15 is 0 Å². The largest absolute Gasteiger partial charge is 0.394 e. The Hall–Kier alpha value is -0.860. The van der Waals surface area contributed by atoms with Crippen molar-refractivity contribution < 1.29 is 5.11 Å². The fourth-order valence-corrected chi connectivity index (χ4v) is 3.12. The molecule has 1 fully saturated rings. The molecule has 0 saturated heterocycles. The molecule has 0 spiro atoms. The molecule has 106 valence electrons. The van der Waals surface area contributed by atoms with Gasteiger partial charge in [-0.15, -0.1) is 0 Å². The maximum absolute atomic E-state index is 9.66. The van der Waals surface area contributed by atoms with E-state index in [1.807, 2.05) is 0 Å². The molecule has 0 aromatic heterocycles. The summed E-state index contributed by atoms with van der Waals surface area (Å²) in [6.07, 6.45) is 7.21. The second kappa shape index (κ2) is 7.06. The van der Waals surface area contributed by atoms with Crippen LogP contribution in [-0.2, 0) is 0 Å². The summed E-state index contributed by atoms with van der Waals surface area (Å²) < 4.78 is 0. The predicted octanol–water partition coefficient (Wildman–Crippen LogP) is 3.47. The van der Waals surface area contributed by atoms with Crippen LogP contribution >= 0.6 is 0 Å². The number of hydrogen-bond acceptors (Lipinski definition) is 2. The van der Waals surface area contributed by atoms with Crippen molar-refractivity contribution in [3.05, 3.63) is 35.9 Å². The molecule has 0 heterocycles. The first kappa shape index (κ1) is 14.5. The standard InChI is InChI=1S/C17H27NO/c1-15(16-8-4-2-5-9-16)10-13-18-17(14-19)11-6-3-7-12-17/h2,4-5,8-9,15,18-19H,3,6-7,10-14H2,1H3. The van der Waals surface area contributed by atoms with Crippen molar-refractivity contribution in [3.8, 4) is 0 Å². The van der Waals surface area contributed by atoms with Gasteiger partial charge in [-0.05, 0) is 37.3 Å². The van der Waals surface area contributed by atoms with Crippen LogP contribution in [0.2, 0.25) is 0 Å². The Bertz CT molecular complexity index is 357. The molecule has 19 heavy (non-hydrogen) atoms. The number of nitrogens with one attached hydrogen (secondary N) is 1. The van der Waals surface area contributed by atoms with E-state index in [-0.39, 0.29) is 12.1 Å². The first-order valence-corrected chi connectivity index (χ1v) is 7.67. The molecule has 1 atom stereocenters. The molecule has 1 aromatic rings. The average molecular weight is 261 g/mol. The van der Waals surface area contributed by atoms with E-state index in [1.165, 1.54) is 24.8 Å². The van der Waals surface area contributed by atoms with Crippen molar-refractivity contribution in [2.75, 3.05) is 13.2 Å². The molecule has 1 unspecified atom stereocenters. The van der Waals surface area contributed by atoms with Crippen LogP contribution in [-0.4, -0.2) is 23.8 Å². The van der Waals surface area contributed by atoms with Gasteiger partial charge in [0.1, 0.15) is 0 Å². The van der Waals surface area contributed by atoms with Crippen LogP contribution in [0, 0.1) is 0 Å². The van der Waals surface area contributed by atoms with E-state index < -0.39 is 0 Å². The smallest absolute Gasteiger partial charge is 0.0613 e. The Morgan fingerprint density at radius 1 is 1.16 bits per heavy atom. The Morgan fingerprint density at radius 2 is 1.84 bits per heavy atom. The van der Waals surface area contributed by atoms with Gasteiger partial charge in [-0.3, -0.25) is 0 Å². The lowest BCUT2D eigenvalue weighted by Crippen LogP contribution is -2.50. The number of benzene rings is 1. The molecule has 0 radical (unpaired) electrons.